The molecular formula is C36H33Cl2FN4O3. The molecule has 4 atom stereocenters. The Balaban J connectivity index is 1.25. The van der Waals surface area contributed by atoms with Gasteiger partial charge in [0.2, 0.25) is 5.91 Å². The minimum absolute atomic E-state index is 0.0256. The lowest BCUT2D eigenvalue weighted by Gasteiger charge is -2.40. The molecule has 7 nitrogen and oxygen atoms in total. The van der Waals surface area contributed by atoms with E-state index in [9.17, 15) is 9.59 Å². The van der Waals surface area contributed by atoms with Crippen LogP contribution in [0, 0.1) is 17.2 Å². The Bertz CT molecular complexity index is 1970. The summed E-state index contributed by atoms with van der Waals surface area (Å²) in [5.41, 5.74) is 2.86. The number of nitrogens with zero attached hydrogens (tertiary/aromatic N) is 3. The number of hydrogen-bond donors (Lipinski definition) is 1. The van der Waals surface area contributed by atoms with Gasteiger partial charge in [0, 0.05) is 64.6 Å². The Labute approximate surface area is 276 Å². The highest BCUT2D eigenvalue weighted by Gasteiger charge is 2.69. The number of nitrogens with one attached hydrogen (secondary N) is 1. The van der Waals surface area contributed by atoms with E-state index in [0.717, 1.165) is 48.2 Å². The van der Waals surface area contributed by atoms with Gasteiger partial charge in [-0.15, -0.1) is 0 Å². The maximum absolute atomic E-state index is 16.3. The predicted molar refractivity (Wildman–Crippen MR) is 174 cm³/mol. The van der Waals surface area contributed by atoms with Crippen molar-refractivity contribution in [3.8, 4) is 0 Å². The van der Waals surface area contributed by atoms with Gasteiger partial charge in [0.25, 0.3) is 0 Å². The summed E-state index contributed by atoms with van der Waals surface area (Å²) in [6.45, 7) is 4.69. The van der Waals surface area contributed by atoms with E-state index in [4.69, 9.17) is 32.9 Å². The SMILES string of the molecule is CC1(CC(=O)c2ccc3c(c2)nc2n3CC[C@H]3[C@@H]2[C@H](c2cccc(Cl)c2F)[C@]2(C(=O)Nc4cc(Cl)ccc42)N3CC2CC2)COC1. The second-order valence-corrected chi connectivity index (χ2v) is 15.1. The van der Waals surface area contributed by atoms with Crippen LogP contribution in [0.1, 0.15) is 71.8 Å². The first-order valence-corrected chi connectivity index (χ1v) is 16.9. The lowest BCUT2D eigenvalue weighted by molar-refractivity contribution is -0.128. The van der Waals surface area contributed by atoms with Crippen LogP contribution in [-0.4, -0.2) is 51.9 Å². The summed E-state index contributed by atoms with van der Waals surface area (Å²) in [7, 11) is 0. The molecule has 1 amide bonds. The third kappa shape index (κ3) is 4.06. The molecule has 3 aromatic carbocycles. The summed E-state index contributed by atoms with van der Waals surface area (Å²) >= 11 is 12.9. The second kappa shape index (κ2) is 10.1. The van der Waals surface area contributed by atoms with Gasteiger partial charge in [-0.3, -0.25) is 14.5 Å². The molecule has 1 N–H and O–H groups in total. The number of aromatic nitrogens is 2. The van der Waals surface area contributed by atoms with Crippen molar-refractivity contribution in [3.63, 3.8) is 0 Å². The van der Waals surface area contributed by atoms with Crippen LogP contribution in [-0.2, 0) is 21.6 Å². The zero-order valence-corrected chi connectivity index (χ0v) is 26.9. The fourth-order valence-electron chi connectivity index (χ4n) is 8.81. The van der Waals surface area contributed by atoms with Crippen LogP contribution >= 0.6 is 23.2 Å². The van der Waals surface area contributed by atoms with E-state index in [2.05, 4.69) is 21.7 Å². The van der Waals surface area contributed by atoms with Crippen LogP contribution in [0.15, 0.2) is 54.6 Å². The summed E-state index contributed by atoms with van der Waals surface area (Å²) in [5, 5.41) is 3.69. The van der Waals surface area contributed by atoms with Gasteiger partial charge in [0.05, 0.1) is 29.3 Å². The van der Waals surface area contributed by atoms with Crippen LogP contribution in [0.5, 0.6) is 0 Å². The maximum atomic E-state index is 16.3. The highest BCUT2D eigenvalue weighted by molar-refractivity contribution is 6.31. The molecule has 0 radical (unpaired) electrons. The summed E-state index contributed by atoms with van der Waals surface area (Å²) < 4.78 is 23.9. The highest BCUT2D eigenvalue weighted by Crippen LogP contribution is 2.64. The number of amides is 1. The zero-order chi connectivity index (χ0) is 31.5. The number of carbonyl (C=O) groups excluding carboxylic acids is 2. The summed E-state index contributed by atoms with van der Waals surface area (Å²) in [4.78, 5) is 35.5. The lowest BCUT2D eigenvalue weighted by atomic mass is 9.70. The molecule has 1 aromatic heterocycles. The maximum Gasteiger partial charge on any atom is 0.250 e. The number of likely N-dealkylation sites (tertiary alicyclic amines) is 1. The van der Waals surface area contributed by atoms with Gasteiger partial charge in [0.1, 0.15) is 17.2 Å². The molecule has 0 unspecified atom stereocenters. The Morgan fingerprint density at radius 1 is 1.11 bits per heavy atom. The number of hydrogen-bond acceptors (Lipinski definition) is 5. The van der Waals surface area contributed by atoms with Gasteiger partial charge in [-0.1, -0.05) is 48.3 Å². The van der Waals surface area contributed by atoms with Crippen molar-refractivity contribution in [2.75, 3.05) is 25.1 Å². The summed E-state index contributed by atoms with van der Waals surface area (Å²) in [6, 6.07) is 16.3. The molecule has 5 aliphatic rings. The zero-order valence-electron chi connectivity index (χ0n) is 25.4. The van der Waals surface area contributed by atoms with E-state index < -0.39 is 17.3 Å². The van der Waals surface area contributed by atoms with Gasteiger partial charge in [-0.05, 0) is 67.1 Å². The molecule has 46 heavy (non-hydrogen) atoms. The minimum atomic E-state index is -1.18. The predicted octanol–water partition coefficient (Wildman–Crippen LogP) is 7.30. The molecule has 0 bridgehead atoms. The first-order valence-electron chi connectivity index (χ1n) is 16.1. The molecule has 2 saturated heterocycles. The Morgan fingerprint density at radius 3 is 2.70 bits per heavy atom. The highest BCUT2D eigenvalue weighted by atomic mass is 35.5. The van der Waals surface area contributed by atoms with Crippen LogP contribution in [0.25, 0.3) is 11.0 Å². The van der Waals surface area contributed by atoms with Crippen LogP contribution in [0.2, 0.25) is 10.0 Å². The van der Waals surface area contributed by atoms with Crippen molar-refractivity contribution in [1.29, 1.82) is 0 Å². The van der Waals surface area contributed by atoms with E-state index in [1.54, 1.807) is 24.3 Å². The fourth-order valence-corrected chi connectivity index (χ4v) is 9.16. The van der Waals surface area contributed by atoms with Crippen LogP contribution in [0.4, 0.5) is 10.1 Å². The molecule has 1 aliphatic carbocycles. The Kier molecular flexibility index (Phi) is 6.34. The monoisotopic (exact) mass is 658 g/mol. The number of rotatable bonds is 6. The van der Waals surface area contributed by atoms with E-state index in [0.29, 0.717) is 53.9 Å². The first-order chi connectivity index (χ1) is 22.2. The molecule has 10 heteroatoms. The number of ether oxygens (including phenoxy) is 1. The van der Waals surface area contributed by atoms with Crippen molar-refractivity contribution in [2.45, 2.75) is 62.6 Å². The standard InChI is InChI=1S/C36H33Cl2FN4O3/c1-35(17-46-18-35)15-29(44)20-7-10-27-26(13-20)40-33-30-28(11-12-42(27)33)43(16-19-5-6-19)36(31(30)22-3-2-4-24(38)32(22)39)23-9-8-21(37)14-25(23)41-34(36)45/h2-4,7-10,13-14,19,28,30-31H,5-6,11-12,15-18H2,1H3,(H,41,45)/t28-,30+,31-,36+/m0/s1. The van der Waals surface area contributed by atoms with E-state index in [1.807, 2.05) is 30.3 Å². The number of Topliss-reactive ketones (excluding diaryl/α,β-unsaturated/α-hetero) is 1. The van der Waals surface area contributed by atoms with Crippen LogP contribution in [0.3, 0.4) is 0 Å². The molecule has 1 spiro atoms. The number of halogens is 3. The van der Waals surface area contributed by atoms with Crippen molar-refractivity contribution < 1.29 is 18.7 Å². The van der Waals surface area contributed by atoms with Gasteiger partial charge in [-0.2, -0.15) is 0 Å². The third-order valence-corrected chi connectivity index (χ3v) is 11.6. The van der Waals surface area contributed by atoms with E-state index in [-0.39, 0.29) is 34.1 Å². The third-order valence-electron chi connectivity index (χ3n) is 11.1. The number of anilines is 1. The molecule has 9 rings (SSSR count). The molecule has 1 saturated carbocycles. The number of ketones is 1. The van der Waals surface area contributed by atoms with Crippen molar-refractivity contribution in [1.82, 2.24) is 14.5 Å². The van der Waals surface area contributed by atoms with Crippen molar-refractivity contribution >= 4 is 51.6 Å². The molecule has 5 heterocycles. The minimum Gasteiger partial charge on any atom is -0.380 e. The molecule has 4 aromatic rings. The molecular weight excluding hydrogens is 626 g/mol. The van der Waals surface area contributed by atoms with Gasteiger partial charge < -0.3 is 14.6 Å². The summed E-state index contributed by atoms with van der Waals surface area (Å²) in [6.07, 6.45) is 3.40. The van der Waals surface area contributed by atoms with Gasteiger partial charge in [0.15, 0.2) is 5.78 Å². The van der Waals surface area contributed by atoms with E-state index >= 15 is 4.39 Å². The number of benzene rings is 3. The van der Waals surface area contributed by atoms with Crippen LogP contribution < -0.4 is 5.32 Å². The average Bonchev–Trinajstić information content (AvgIpc) is 3.61. The normalized spacial score (nSPS) is 27.7. The average molecular weight is 660 g/mol. The number of fused-ring (bicyclic) bond motifs is 7. The number of imidazole rings is 1. The van der Waals surface area contributed by atoms with Crippen molar-refractivity contribution in [3.05, 3.63) is 93.0 Å². The Morgan fingerprint density at radius 2 is 1.93 bits per heavy atom. The number of aryl methyl sites for hydroxylation is 1. The summed E-state index contributed by atoms with van der Waals surface area (Å²) in [5.74, 6) is -0.255. The Hall–Kier alpha value is -3.30. The lowest BCUT2D eigenvalue weighted by Crippen LogP contribution is -2.53. The second-order valence-electron chi connectivity index (χ2n) is 14.2. The number of carbonyl (C=O) groups is 2. The smallest absolute Gasteiger partial charge is 0.250 e. The molecule has 3 fully saturated rings. The first kappa shape index (κ1) is 28.9. The van der Waals surface area contributed by atoms with Crippen molar-refractivity contribution in [2.24, 2.45) is 11.3 Å². The molecule has 4 aliphatic heterocycles. The van der Waals surface area contributed by atoms with E-state index in [1.165, 1.54) is 0 Å². The van der Waals surface area contributed by atoms with Gasteiger partial charge in [-0.25, -0.2) is 9.37 Å². The molecule has 236 valence electrons. The largest absolute Gasteiger partial charge is 0.380 e. The quantitative estimate of drug-likeness (QED) is 0.220. The van der Waals surface area contributed by atoms with Gasteiger partial charge >= 0.3 is 0 Å². The topological polar surface area (TPSA) is 76.5 Å². The fraction of sp³-hybridized carbons (Fsp3) is 0.417.